The quantitative estimate of drug-likeness (QED) is 0.282. The van der Waals surface area contributed by atoms with Crippen LogP contribution >= 0.6 is 11.6 Å². The molecule has 0 amide bonds. The van der Waals surface area contributed by atoms with Crippen molar-refractivity contribution in [2.24, 2.45) is 5.10 Å². The van der Waals surface area contributed by atoms with E-state index in [1.165, 1.54) is 18.2 Å². The largest absolute Gasteiger partial charge is 0.361 e. The second-order valence-electron chi connectivity index (χ2n) is 6.25. The van der Waals surface area contributed by atoms with Crippen molar-refractivity contribution >= 4 is 57.3 Å². The molecule has 0 aliphatic heterocycles. The van der Waals surface area contributed by atoms with E-state index in [1.807, 2.05) is 30.5 Å². The molecule has 148 valence electrons. The highest BCUT2D eigenvalue weighted by Gasteiger charge is 2.13. The van der Waals surface area contributed by atoms with Crippen molar-refractivity contribution in [1.29, 1.82) is 0 Å². The van der Waals surface area contributed by atoms with Crippen molar-refractivity contribution in [2.75, 3.05) is 10.7 Å². The lowest BCUT2D eigenvalue weighted by molar-refractivity contribution is 0.314. The van der Waals surface area contributed by atoms with E-state index in [2.05, 4.69) is 45.7 Å². The standard InChI is InChI=1S/C19H12ClFN8O/c20-13-7-11(5-6-14(13)21)24-16-17(26-19-18(25-16)28-30-29-19)27-23-9-10-8-22-15-4-2-1-3-12(10)15/h1-9,22H,(H,24,25,28)(H,26,27,29)/b23-9-. The molecule has 0 aliphatic carbocycles. The number of aromatic nitrogens is 5. The summed E-state index contributed by atoms with van der Waals surface area (Å²) in [5, 5.41) is 15.7. The first-order valence-corrected chi connectivity index (χ1v) is 9.13. The van der Waals surface area contributed by atoms with Gasteiger partial charge in [0.05, 0.1) is 11.2 Å². The Morgan fingerprint density at radius 2 is 1.87 bits per heavy atom. The van der Waals surface area contributed by atoms with Gasteiger partial charge in [0.1, 0.15) is 5.82 Å². The molecule has 0 unspecified atom stereocenters. The normalized spacial score (nSPS) is 11.5. The van der Waals surface area contributed by atoms with Gasteiger partial charge in [0.2, 0.25) is 11.3 Å². The van der Waals surface area contributed by atoms with E-state index >= 15 is 0 Å². The Hall–Kier alpha value is -4.05. The van der Waals surface area contributed by atoms with Crippen LogP contribution in [0, 0.1) is 5.82 Å². The van der Waals surface area contributed by atoms with Crippen LogP contribution in [0.25, 0.3) is 22.2 Å². The molecule has 0 fully saturated rings. The van der Waals surface area contributed by atoms with E-state index in [0.29, 0.717) is 5.69 Å². The molecule has 0 aliphatic rings. The Labute approximate surface area is 172 Å². The second kappa shape index (κ2) is 7.41. The average molecular weight is 423 g/mol. The van der Waals surface area contributed by atoms with Crippen LogP contribution in [-0.2, 0) is 0 Å². The highest BCUT2D eigenvalue weighted by molar-refractivity contribution is 6.31. The molecule has 0 spiro atoms. The van der Waals surface area contributed by atoms with E-state index < -0.39 is 5.82 Å². The summed E-state index contributed by atoms with van der Waals surface area (Å²) in [6.07, 6.45) is 3.51. The Morgan fingerprint density at radius 1 is 1.07 bits per heavy atom. The Kier molecular flexibility index (Phi) is 4.45. The molecule has 3 heterocycles. The molecule has 3 N–H and O–H groups in total. The topological polar surface area (TPSA) is 117 Å². The maximum atomic E-state index is 13.4. The number of halogens is 2. The molecule has 30 heavy (non-hydrogen) atoms. The molecule has 11 heteroatoms. The lowest BCUT2D eigenvalue weighted by atomic mass is 10.2. The number of rotatable bonds is 5. The molecule has 0 saturated heterocycles. The van der Waals surface area contributed by atoms with Gasteiger partial charge in [0.15, 0.2) is 11.6 Å². The van der Waals surface area contributed by atoms with Crippen LogP contribution in [0.4, 0.5) is 21.7 Å². The minimum atomic E-state index is -0.522. The third-order valence-corrected chi connectivity index (χ3v) is 4.58. The van der Waals surface area contributed by atoms with Gasteiger partial charge in [-0.25, -0.2) is 14.0 Å². The van der Waals surface area contributed by atoms with Gasteiger partial charge in [0, 0.05) is 28.4 Å². The summed E-state index contributed by atoms with van der Waals surface area (Å²) in [5.74, 6) is 0.0396. The number of hydrazone groups is 1. The van der Waals surface area contributed by atoms with Gasteiger partial charge in [0.25, 0.3) is 0 Å². The number of nitrogens with zero attached hydrogens (tertiary/aromatic N) is 5. The molecule has 0 saturated carbocycles. The lowest BCUT2D eigenvalue weighted by Crippen LogP contribution is -2.03. The van der Waals surface area contributed by atoms with Crippen molar-refractivity contribution < 1.29 is 9.02 Å². The van der Waals surface area contributed by atoms with Gasteiger partial charge < -0.3 is 10.3 Å². The zero-order valence-electron chi connectivity index (χ0n) is 15.1. The van der Waals surface area contributed by atoms with Crippen LogP contribution < -0.4 is 10.7 Å². The fraction of sp³-hybridized carbons (Fsp3) is 0. The van der Waals surface area contributed by atoms with E-state index in [9.17, 15) is 4.39 Å². The number of fused-ring (bicyclic) bond motifs is 2. The summed E-state index contributed by atoms with van der Waals surface area (Å²) in [6.45, 7) is 0. The second-order valence-corrected chi connectivity index (χ2v) is 6.65. The number of nitrogens with one attached hydrogen (secondary N) is 3. The minimum absolute atomic E-state index is 0.0241. The fourth-order valence-electron chi connectivity index (χ4n) is 2.88. The van der Waals surface area contributed by atoms with E-state index in [1.54, 1.807) is 6.21 Å². The van der Waals surface area contributed by atoms with Gasteiger partial charge in [-0.1, -0.05) is 29.8 Å². The molecular formula is C19H12ClFN8O. The van der Waals surface area contributed by atoms with Crippen molar-refractivity contribution in [1.82, 2.24) is 25.3 Å². The molecule has 0 atom stereocenters. The van der Waals surface area contributed by atoms with Crippen LogP contribution in [0.1, 0.15) is 5.56 Å². The molecule has 2 aromatic carbocycles. The van der Waals surface area contributed by atoms with E-state index in [-0.39, 0.29) is 28.0 Å². The smallest absolute Gasteiger partial charge is 0.245 e. The van der Waals surface area contributed by atoms with Crippen LogP contribution in [-0.4, -0.2) is 31.5 Å². The van der Waals surface area contributed by atoms with Gasteiger partial charge >= 0.3 is 0 Å². The third kappa shape index (κ3) is 3.40. The number of benzene rings is 2. The highest BCUT2D eigenvalue weighted by atomic mass is 35.5. The van der Waals surface area contributed by atoms with Gasteiger partial charge in [-0.3, -0.25) is 5.43 Å². The van der Waals surface area contributed by atoms with Gasteiger partial charge in [-0.2, -0.15) is 10.1 Å². The van der Waals surface area contributed by atoms with Crippen LogP contribution in [0.3, 0.4) is 0 Å². The molecule has 0 radical (unpaired) electrons. The van der Waals surface area contributed by atoms with Crippen LogP contribution in [0.5, 0.6) is 0 Å². The molecule has 3 aromatic heterocycles. The number of aromatic amines is 1. The predicted molar refractivity (Wildman–Crippen MR) is 112 cm³/mol. The average Bonchev–Trinajstić information content (AvgIpc) is 3.37. The number of para-hydroxylation sites is 1. The number of H-pyrrole nitrogens is 1. The van der Waals surface area contributed by atoms with E-state index in [0.717, 1.165) is 16.5 Å². The van der Waals surface area contributed by atoms with Crippen molar-refractivity contribution in [3.8, 4) is 0 Å². The third-order valence-electron chi connectivity index (χ3n) is 4.29. The summed E-state index contributed by atoms with van der Waals surface area (Å²) in [4.78, 5) is 11.8. The SMILES string of the molecule is Fc1ccc(Nc2nc3nonc3nc2N/N=C\c2c[nH]c3ccccc23)cc1Cl. The molecule has 0 bridgehead atoms. The zero-order chi connectivity index (χ0) is 20.5. The molecule has 5 rings (SSSR count). The summed E-state index contributed by atoms with van der Waals surface area (Å²) < 4.78 is 18.1. The first kappa shape index (κ1) is 18.0. The Balaban J connectivity index is 1.46. The predicted octanol–water partition coefficient (Wildman–Crippen LogP) is 4.48. The summed E-state index contributed by atoms with van der Waals surface area (Å²) in [7, 11) is 0. The van der Waals surface area contributed by atoms with Crippen molar-refractivity contribution in [3.05, 3.63) is 65.1 Å². The Bertz CT molecular complexity index is 1400. The molecule has 5 aromatic rings. The molecule has 9 nitrogen and oxygen atoms in total. The number of hydrogen-bond donors (Lipinski definition) is 3. The van der Waals surface area contributed by atoms with Crippen molar-refractivity contribution in [2.45, 2.75) is 0 Å². The van der Waals surface area contributed by atoms with Crippen LogP contribution in [0.15, 0.2) is 58.4 Å². The zero-order valence-corrected chi connectivity index (χ0v) is 15.9. The maximum absolute atomic E-state index is 13.4. The van der Waals surface area contributed by atoms with E-state index in [4.69, 9.17) is 11.6 Å². The first-order chi connectivity index (χ1) is 14.7. The summed E-state index contributed by atoms with van der Waals surface area (Å²) in [6, 6.07) is 12.1. The maximum Gasteiger partial charge on any atom is 0.245 e. The summed E-state index contributed by atoms with van der Waals surface area (Å²) in [5.41, 5.74) is 5.68. The van der Waals surface area contributed by atoms with Gasteiger partial charge in [-0.15, -0.1) is 0 Å². The minimum Gasteiger partial charge on any atom is -0.361 e. The number of hydrogen-bond acceptors (Lipinski definition) is 8. The fourth-order valence-corrected chi connectivity index (χ4v) is 3.06. The van der Waals surface area contributed by atoms with Gasteiger partial charge in [-0.05, 0) is 34.6 Å². The Morgan fingerprint density at radius 3 is 2.70 bits per heavy atom. The van der Waals surface area contributed by atoms with Crippen LogP contribution in [0.2, 0.25) is 5.02 Å². The first-order valence-electron chi connectivity index (χ1n) is 8.75. The summed E-state index contributed by atoms with van der Waals surface area (Å²) >= 11 is 5.86. The van der Waals surface area contributed by atoms with Crippen molar-refractivity contribution in [3.63, 3.8) is 0 Å². The lowest BCUT2D eigenvalue weighted by Gasteiger charge is -2.09. The highest BCUT2D eigenvalue weighted by Crippen LogP contribution is 2.26. The molecular weight excluding hydrogens is 411 g/mol. The monoisotopic (exact) mass is 422 g/mol. The number of anilines is 3.